The summed E-state index contributed by atoms with van der Waals surface area (Å²) in [4.78, 5) is 37.0. The molecule has 2 unspecified atom stereocenters. The van der Waals surface area contributed by atoms with Gasteiger partial charge >= 0.3 is 12.1 Å². The van der Waals surface area contributed by atoms with Gasteiger partial charge in [0.25, 0.3) is 0 Å². The molecular weight excluding hydrogens is 436 g/mol. The Balaban J connectivity index is 1.34. The van der Waals surface area contributed by atoms with E-state index >= 15 is 0 Å². The van der Waals surface area contributed by atoms with Gasteiger partial charge in [-0.25, -0.2) is 4.79 Å². The number of amides is 2. The van der Waals surface area contributed by atoms with Crippen LogP contribution >= 0.6 is 0 Å². The number of carboxylic acids is 1. The van der Waals surface area contributed by atoms with Crippen molar-refractivity contribution < 1.29 is 29.0 Å². The van der Waals surface area contributed by atoms with Gasteiger partial charge in [-0.3, -0.25) is 9.59 Å². The number of benzene rings is 2. The molecule has 4 rings (SSSR count). The van der Waals surface area contributed by atoms with Crippen LogP contribution < -0.4 is 10.6 Å². The van der Waals surface area contributed by atoms with Crippen molar-refractivity contribution in [2.24, 2.45) is 5.41 Å². The third-order valence-corrected chi connectivity index (χ3v) is 6.74. The minimum absolute atomic E-state index is 0.0516. The number of aliphatic carboxylic acids is 1. The third kappa shape index (κ3) is 4.77. The largest absolute Gasteiger partial charge is 0.481 e. The van der Waals surface area contributed by atoms with Crippen molar-refractivity contribution in [2.45, 2.75) is 38.1 Å². The maximum atomic E-state index is 12.7. The van der Waals surface area contributed by atoms with Gasteiger partial charge in [0.1, 0.15) is 18.1 Å². The van der Waals surface area contributed by atoms with E-state index in [1.54, 1.807) is 6.92 Å². The van der Waals surface area contributed by atoms with Crippen molar-refractivity contribution in [3.05, 3.63) is 59.7 Å². The highest BCUT2D eigenvalue weighted by Gasteiger charge is 2.41. The van der Waals surface area contributed by atoms with E-state index in [0.29, 0.717) is 25.9 Å². The SMILES string of the molecule is CCC(NC(=O)OCC1c2ccccc2-c2ccccc21)C(=O)NCC1(C(=O)O)CCCOC1. The highest BCUT2D eigenvalue weighted by atomic mass is 16.5. The molecule has 8 heteroatoms. The van der Waals surface area contributed by atoms with Gasteiger partial charge in [0.05, 0.1) is 6.61 Å². The Bertz CT molecular complexity index is 1020. The lowest BCUT2D eigenvalue weighted by atomic mass is 9.82. The van der Waals surface area contributed by atoms with Gasteiger partial charge in [0.2, 0.25) is 5.91 Å². The number of hydrogen-bond acceptors (Lipinski definition) is 5. The van der Waals surface area contributed by atoms with E-state index in [1.165, 1.54) is 0 Å². The van der Waals surface area contributed by atoms with Gasteiger partial charge in [0, 0.05) is 19.1 Å². The molecule has 0 saturated carbocycles. The second-order valence-electron chi connectivity index (χ2n) is 8.89. The van der Waals surface area contributed by atoms with Crippen molar-refractivity contribution in [2.75, 3.05) is 26.4 Å². The van der Waals surface area contributed by atoms with Crippen molar-refractivity contribution in [1.29, 1.82) is 0 Å². The molecule has 1 aliphatic carbocycles. The Labute approximate surface area is 198 Å². The molecule has 2 amide bonds. The molecule has 1 saturated heterocycles. The Morgan fingerprint density at radius 3 is 2.32 bits per heavy atom. The van der Waals surface area contributed by atoms with E-state index in [2.05, 4.69) is 22.8 Å². The lowest BCUT2D eigenvalue weighted by molar-refractivity contribution is -0.157. The molecule has 0 bridgehead atoms. The summed E-state index contributed by atoms with van der Waals surface area (Å²) in [7, 11) is 0. The van der Waals surface area contributed by atoms with Crippen LogP contribution in [0.1, 0.15) is 43.2 Å². The van der Waals surface area contributed by atoms with Crippen LogP contribution in [0.5, 0.6) is 0 Å². The van der Waals surface area contributed by atoms with Crippen molar-refractivity contribution >= 4 is 18.0 Å². The van der Waals surface area contributed by atoms with Crippen molar-refractivity contribution in [3.8, 4) is 11.1 Å². The second-order valence-corrected chi connectivity index (χ2v) is 8.89. The van der Waals surface area contributed by atoms with E-state index in [0.717, 1.165) is 22.3 Å². The average Bonchev–Trinajstić information content (AvgIpc) is 3.18. The lowest BCUT2D eigenvalue weighted by Gasteiger charge is -2.33. The predicted molar refractivity (Wildman–Crippen MR) is 125 cm³/mol. The van der Waals surface area contributed by atoms with Crippen LogP contribution in [-0.4, -0.2) is 55.5 Å². The third-order valence-electron chi connectivity index (χ3n) is 6.74. The molecule has 2 aromatic carbocycles. The van der Waals surface area contributed by atoms with Crippen LogP contribution in [0.4, 0.5) is 4.79 Å². The molecule has 1 aliphatic heterocycles. The highest BCUT2D eigenvalue weighted by molar-refractivity contribution is 5.86. The molecule has 2 aliphatic rings. The Kier molecular flexibility index (Phi) is 7.17. The Morgan fingerprint density at radius 2 is 1.76 bits per heavy atom. The normalized spacial score (nSPS) is 20.0. The van der Waals surface area contributed by atoms with Crippen LogP contribution in [0.15, 0.2) is 48.5 Å². The van der Waals surface area contributed by atoms with Crippen molar-refractivity contribution in [1.82, 2.24) is 10.6 Å². The topological polar surface area (TPSA) is 114 Å². The van der Waals surface area contributed by atoms with E-state index < -0.39 is 29.4 Å². The average molecular weight is 467 g/mol. The van der Waals surface area contributed by atoms with E-state index in [1.807, 2.05) is 36.4 Å². The van der Waals surface area contributed by atoms with Gasteiger partial charge in [-0.15, -0.1) is 0 Å². The number of ether oxygens (including phenoxy) is 2. The fraction of sp³-hybridized carbons (Fsp3) is 0.423. The van der Waals surface area contributed by atoms with Crippen LogP contribution in [-0.2, 0) is 19.1 Å². The molecule has 1 fully saturated rings. The molecule has 180 valence electrons. The van der Waals surface area contributed by atoms with Crippen LogP contribution in [0.25, 0.3) is 11.1 Å². The molecule has 34 heavy (non-hydrogen) atoms. The maximum Gasteiger partial charge on any atom is 0.407 e. The molecule has 2 aromatic rings. The molecule has 1 heterocycles. The number of alkyl carbamates (subject to hydrolysis) is 1. The molecule has 8 nitrogen and oxygen atoms in total. The lowest BCUT2D eigenvalue weighted by Crippen LogP contribution is -2.53. The zero-order chi connectivity index (χ0) is 24.1. The summed E-state index contributed by atoms with van der Waals surface area (Å²) in [5, 5.41) is 14.9. The summed E-state index contributed by atoms with van der Waals surface area (Å²) < 4.78 is 10.9. The first-order chi connectivity index (χ1) is 16.4. The number of carboxylic acid groups (broad SMARTS) is 1. The smallest absolute Gasteiger partial charge is 0.407 e. The Hall–Kier alpha value is -3.39. The molecule has 0 aromatic heterocycles. The Morgan fingerprint density at radius 1 is 1.12 bits per heavy atom. The van der Waals surface area contributed by atoms with Gasteiger partial charge in [-0.05, 0) is 41.5 Å². The molecule has 0 spiro atoms. The molecular formula is C26H30N2O6. The van der Waals surface area contributed by atoms with Gasteiger partial charge in [-0.1, -0.05) is 55.5 Å². The zero-order valence-corrected chi connectivity index (χ0v) is 19.2. The first kappa shape index (κ1) is 23.8. The second kappa shape index (κ2) is 10.3. The van der Waals surface area contributed by atoms with Gasteiger partial charge in [-0.2, -0.15) is 0 Å². The monoisotopic (exact) mass is 466 g/mol. The van der Waals surface area contributed by atoms with Crippen LogP contribution in [0, 0.1) is 5.41 Å². The number of hydrogen-bond donors (Lipinski definition) is 3. The van der Waals surface area contributed by atoms with Gasteiger partial charge < -0.3 is 25.2 Å². The van der Waals surface area contributed by atoms with Crippen LogP contribution in [0.3, 0.4) is 0 Å². The predicted octanol–water partition coefficient (Wildman–Crippen LogP) is 3.30. The molecule has 3 N–H and O–H groups in total. The number of nitrogens with one attached hydrogen (secondary N) is 2. The quantitative estimate of drug-likeness (QED) is 0.550. The summed E-state index contributed by atoms with van der Waals surface area (Å²) in [5.74, 6) is -1.51. The fourth-order valence-electron chi connectivity index (χ4n) is 4.75. The number of carbonyl (C=O) groups is 3. The van der Waals surface area contributed by atoms with E-state index in [9.17, 15) is 19.5 Å². The number of rotatable bonds is 8. The van der Waals surface area contributed by atoms with Gasteiger partial charge in [0.15, 0.2) is 0 Å². The molecule has 0 radical (unpaired) electrons. The first-order valence-electron chi connectivity index (χ1n) is 11.7. The minimum Gasteiger partial charge on any atom is -0.481 e. The number of carbonyl (C=O) groups excluding carboxylic acids is 2. The van der Waals surface area contributed by atoms with Crippen molar-refractivity contribution in [3.63, 3.8) is 0 Å². The zero-order valence-electron chi connectivity index (χ0n) is 19.2. The summed E-state index contributed by atoms with van der Waals surface area (Å²) in [5.41, 5.74) is 3.34. The summed E-state index contributed by atoms with van der Waals surface area (Å²) in [6.07, 6.45) is 0.709. The summed E-state index contributed by atoms with van der Waals surface area (Å²) >= 11 is 0. The maximum absolute atomic E-state index is 12.7. The van der Waals surface area contributed by atoms with E-state index in [4.69, 9.17) is 9.47 Å². The first-order valence-corrected chi connectivity index (χ1v) is 11.7. The highest BCUT2D eigenvalue weighted by Crippen LogP contribution is 2.44. The number of fused-ring (bicyclic) bond motifs is 3. The molecule has 2 atom stereocenters. The minimum atomic E-state index is -1.14. The standard InChI is InChI=1S/C26H30N2O6/c1-2-22(23(29)27-15-26(24(30)31)12-7-13-33-16-26)28-25(32)34-14-21-19-10-5-3-8-17(19)18-9-4-6-11-20(18)21/h3-6,8-11,21-22H,2,7,12-16H2,1H3,(H,27,29)(H,28,32)(H,30,31). The fourth-order valence-corrected chi connectivity index (χ4v) is 4.75. The van der Waals surface area contributed by atoms with E-state index in [-0.39, 0.29) is 25.7 Å². The summed E-state index contributed by atoms with van der Waals surface area (Å²) in [6.45, 7) is 2.44. The summed E-state index contributed by atoms with van der Waals surface area (Å²) in [6, 6.07) is 15.3. The van der Waals surface area contributed by atoms with Crippen LogP contribution in [0.2, 0.25) is 0 Å².